The Hall–Kier alpha value is -1.51. The van der Waals surface area contributed by atoms with E-state index in [1.54, 1.807) is 0 Å². The lowest BCUT2D eigenvalue weighted by molar-refractivity contribution is 0.0897. The number of hydrogen-bond donors (Lipinski definition) is 0. The average molecular weight is 230 g/mol. The van der Waals surface area contributed by atoms with Crippen LogP contribution in [-0.4, -0.2) is 12.6 Å². The van der Waals surface area contributed by atoms with Crippen LogP contribution in [0, 0.1) is 5.92 Å². The van der Waals surface area contributed by atoms with Gasteiger partial charge in [0, 0.05) is 11.5 Å². The highest BCUT2D eigenvalue weighted by molar-refractivity contribution is 6.04. The molecule has 1 aromatic rings. The van der Waals surface area contributed by atoms with Gasteiger partial charge in [-0.2, -0.15) is 0 Å². The molecular formula is C14H14O3. The predicted molar refractivity (Wildman–Crippen MR) is 61.6 cm³/mol. The Kier molecular flexibility index (Phi) is 1.82. The maximum Gasteiger partial charge on any atom is 0.231 e. The van der Waals surface area contributed by atoms with Crippen LogP contribution in [0.4, 0.5) is 0 Å². The van der Waals surface area contributed by atoms with Gasteiger partial charge in [-0.25, -0.2) is 0 Å². The second-order valence-electron chi connectivity index (χ2n) is 5.15. The molecule has 1 aliphatic heterocycles. The lowest BCUT2D eigenvalue weighted by atomic mass is 9.79. The molecule has 0 bridgehead atoms. The van der Waals surface area contributed by atoms with Gasteiger partial charge in [-0.15, -0.1) is 0 Å². The van der Waals surface area contributed by atoms with E-state index in [1.165, 1.54) is 18.4 Å². The first kappa shape index (κ1) is 9.51. The maximum absolute atomic E-state index is 12.3. The van der Waals surface area contributed by atoms with E-state index in [4.69, 9.17) is 9.47 Å². The number of Topliss-reactive ketones (excluding diaryl/α,β-unsaturated/α-hetero) is 1. The van der Waals surface area contributed by atoms with Crippen molar-refractivity contribution in [2.75, 3.05) is 6.79 Å². The summed E-state index contributed by atoms with van der Waals surface area (Å²) in [4.78, 5) is 12.3. The van der Waals surface area contributed by atoms with Gasteiger partial charge in [0.05, 0.1) is 0 Å². The fourth-order valence-electron chi connectivity index (χ4n) is 3.49. The molecule has 0 amide bonds. The highest BCUT2D eigenvalue weighted by Crippen LogP contribution is 2.50. The van der Waals surface area contributed by atoms with E-state index < -0.39 is 0 Å². The van der Waals surface area contributed by atoms with Crippen LogP contribution in [0.25, 0.3) is 0 Å². The van der Waals surface area contributed by atoms with Crippen molar-refractivity contribution in [2.24, 2.45) is 5.92 Å². The topological polar surface area (TPSA) is 35.5 Å². The Morgan fingerprint density at radius 3 is 2.53 bits per heavy atom. The summed E-state index contributed by atoms with van der Waals surface area (Å²) in [5.41, 5.74) is 2.08. The van der Waals surface area contributed by atoms with Gasteiger partial charge in [0.15, 0.2) is 17.3 Å². The Bertz CT molecular complexity index is 506. The van der Waals surface area contributed by atoms with Crippen molar-refractivity contribution in [1.82, 2.24) is 0 Å². The molecule has 2 atom stereocenters. The van der Waals surface area contributed by atoms with Crippen LogP contribution >= 0.6 is 0 Å². The summed E-state index contributed by atoms with van der Waals surface area (Å²) < 4.78 is 10.8. The third kappa shape index (κ3) is 1.20. The first-order valence-electron chi connectivity index (χ1n) is 6.32. The van der Waals surface area contributed by atoms with Gasteiger partial charge in [-0.3, -0.25) is 4.79 Å². The zero-order valence-corrected chi connectivity index (χ0v) is 9.57. The fraction of sp³-hybridized carbons (Fsp3) is 0.500. The van der Waals surface area contributed by atoms with Gasteiger partial charge in [0.25, 0.3) is 0 Å². The Morgan fingerprint density at radius 1 is 1.00 bits per heavy atom. The van der Waals surface area contributed by atoms with E-state index in [0.717, 1.165) is 29.9 Å². The maximum atomic E-state index is 12.3. The Labute approximate surface area is 99.7 Å². The standard InChI is InChI=1S/C14H14O3/c15-14-9-4-2-1-3-8(9)10-5-12-13(6-11(10)14)17-7-16-12/h5-6,8-9H,1-4,7H2/t8-,9+/m0/s1. The van der Waals surface area contributed by atoms with Crippen molar-refractivity contribution < 1.29 is 14.3 Å². The summed E-state index contributed by atoms with van der Waals surface area (Å²) >= 11 is 0. The molecule has 3 nitrogen and oxygen atoms in total. The number of ether oxygens (including phenoxy) is 2. The monoisotopic (exact) mass is 230 g/mol. The highest BCUT2D eigenvalue weighted by Gasteiger charge is 2.42. The van der Waals surface area contributed by atoms with Gasteiger partial charge in [0.1, 0.15) is 0 Å². The van der Waals surface area contributed by atoms with E-state index in [0.29, 0.717) is 11.7 Å². The van der Waals surface area contributed by atoms with Gasteiger partial charge in [-0.05, 0) is 36.5 Å². The zero-order valence-electron chi connectivity index (χ0n) is 9.57. The Balaban J connectivity index is 1.87. The van der Waals surface area contributed by atoms with Crippen LogP contribution < -0.4 is 9.47 Å². The number of fused-ring (bicyclic) bond motifs is 4. The molecule has 0 aromatic heterocycles. The number of hydrogen-bond acceptors (Lipinski definition) is 3. The van der Waals surface area contributed by atoms with Crippen molar-refractivity contribution in [3.05, 3.63) is 23.3 Å². The second kappa shape index (κ2) is 3.25. The summed E-state index contributed by atoms with van der Waals surface area (Å²) in [6.45, 7) is 0.278. The lowest BCUT2D eigenvalue weighted by Crippen LogP contribution is -2.17. The molecule has 0 radical (unpaired) electrons. The summed E-state index contributed by atoms with van der Waals surface area (Å²) in [6.07, 6.45) is 4.61. The van der Waals surface area contributed by atoms with E-state index in [1.807, 2.05) is 12.1 Å². The lowest BCUT2D eigenvalue weighted by Gasteiger charge is -2.24. The van der Waals surface area contributed by atoms with E-state index >= 15 is 0 Å². The molecule has 3 aliphatic rings. The molecule has 0 spiro atoms. The minimum absolute atomic E-state index is 0.223. The fourth-order valence-corrected chi connectivity index (χ4v) is 3.49. The molecule has 88 valence electrons. The molecule has 0 N–H and O–H groups in total. The van der Waals surface area contributed by atoms with Crippen molar-refractivity contribution >= 4 is 5.78 Å². The number of benzene rings is 1. The van der Waals surface area contributed by atoms with Crippen molar-refractivity contribution in [3.63, 3.8) is 0 Å². The van der Waals surface area contributed by atoms with Crippen LogP contribution in [0.3, 0.4) is 0 Å². The van der Waals surface area contributed by atoms with Gasteiger partial charge >= 0.3 is 0 Å². The highest BCUT2D eigenvalue weighted by atomic mass is 16.7. The summed E-state index contributed by atoms with van der Waals surface area (Å²) in [6, 6.07) is 3.92. The largest absolute Gasteiger partial charge is 0.454 e. The molecule has 2 aliphatic carbocycles. The summed E-state index contributed by atoms with van der Waals surface area (Å²) in [7, 11) is 0. The molecule has 0 saturated heterocycles. The molecule has 1 aromatic carbocycles. The van der Waals surface area contributed by atoms with Crippen molar-refractivity contribution in [2.45, 2.75) is 31.6 Å². The minimum Gasteiger partial charge on any atom is -0.454 e. The third-order valence-electron chi connectivity index (χ3n) is 4.31. The quantitative estimate of drug-likeness (QED) is 0.687. The van der Waals surface area contributed by atoms with Crippen LogP contribution in [-0.2, 0) is 0 Å². The predicted octanol–water partition coefficient (Wildman–Crippen LogP) is 2.89. The first-order valence-corrected chi connectivity index (χ1v) is 6.32. The molecule has 17 heavy (non-hydrogen) atoms. The molecule has 4 rings (SSSR count). The van der Waals surface area contributed by atoms with Gasteiger partial charge in [-0.1, -0.05) is 12.8 Å². The molecule has 0 unspecified atom stereocenters. The number of rotatable bonds is 0. The third-order valence-corrected chi connectivity index (χ3v) is 4.31. The van der Waals surface area contributed by atoms with Gasteiger partial charge in [0.2, 0.25) is 6.79 Å². The van der Waals surface area contributed by atoms with E-state index in [9.17, 15) is 4.79 Å². The van der Waals surface area contributed by atoms with Crippen molar-refractivity contribution in [1.29, 1.82) is 0 Å². The van der Waals surface area contributed by atoms with Crippen LogP contribution in [0.2, 0.25) is 0 Å². The zero-order chi connectivity index (χ0) is 11.4. The first-order chi connectivity index (χ1) is 8.34. The smallest absolute Gasteiger partial charge is 0.231 e. The van der Waals surface area contributed by atoms with Crippen LogP contribution in [0.1, 0.15) is 47.5 Å². The number of carbonyl (C=O) groups excluding carboxylic acids is 1. The summed E-state index contributed by atoms with van der Waals surface area (Å²) in [5.74, 6) is 2.52. The van der Waals surface area contributed by atoms with E-state index in [-0.39, 0.29) is 12.7 Å². The second-order valence-corrected chi connectivity index (χ2v) is 5.15. The molecule has 1 heterocycles. The van der Waals surface area contributed by atoms with Gasteiger partial charge < -0.3 is 9.47 Å². The molecule has 1 saturated carbocycles. The van der Waals surface area contributed by atoms with E-state index in [2.05, 4.69) is 0 Å². The average Bonchev–Trinajstić information content (AvgIpc) is 2.92. The minimum atomic E-state index is 0.223. The SMILES string of the molecule is O=C1c2cc3c(cc2[C@H]2CCCC[C@@H]12)OCO3. The Morgan fingerprint density at radius 2 is 1.71 bits per heavy atom. The molecule has 3 heteroatoms. The summed E-state index contributed by atoms with van der Waals surface area (Å²) in [5, 5.41) is 0. The van der Waals surface area contributed by atoms with Crippen LogP contribution in [0.5, 0.6) is 11.5 Å². The van der Waals surface area contributed by atoms with Crippen molar-refractivity contribution in [3.8, 4) is 11.5 Å². The molecular weight excluding hydrogens is 216 g/mol. The normalized spacial score (nSPS) is 29.1. The van der Waals surface area contributed by atoms with Crippen LogP contribution in [0.15, 0.2) is 12.1 Å². The molecule has 1 fully saturated rings. The number of carbonyl (C=O) groups is 1. The number of ketones is 1.